The number of fused-ring (bicyclic) bond motifs is 1. The quantitative estimate of drug-likeness (QED) is 0.196. The summed E-state index contributed by atoms with van der Waals surface area (Å²) >= 11 is 5.93. The smallest absolute Gasteiger partial charge is 0.125 e. The van der Waals surface area contributed by atoms with Crippen molar-refractivity contribution in [1.82, 2.24) is 25.0 Å². The van der Waals surface area contributed by atoms with Crippen molar-refractivity contribution in [2.45, 2.75) is 62.5 Å². The maximum absolute atomic E-state index is 4.79. The molecule has 4 aromatic heterocycles. The van der Waals surface area contributed by atoms with E-state index in [9.17, 15) is 0 Å². The molecule has 0 bridgehead atoms. The Balaban J connectivity index is 1.49. The fourth-order valence-corrected chi connectivity index (χ4v) is 6.93. The Kier molecular flexibility index (Phi) is 6.48. The number of nitrogens with one attached hydrogen (secondary N) is 1. The first-order valence-corrected chi connectivity index (χ1v) is 14.1. The predicted octanol–water partition coefficient (Wildman–Crippen LogP) is 7.05. The molecule has 1 aliphatic rings. The van der Waals surface area contributed by atoms with Gasteiger partial charge in [-0.05, 0) is 51.5 Å². The van der Waals surface area contributed by atoms with E-state index in [4.69, 9.17) is 4.98 Å². The maximum atomic E-state index is 4.79. The molecule has 1 fully saturated rings. The Labute approximate surface area is 210 Å². The number of anilines is 1. The number of rotatable bonds is 6. The van der Waals surface area contributed by atoms with Crippen LogP contribution in [-0.4, -0.2) is 34.9 Å². The van der Waals surface area contributed by atoms with Gasteiger partial charge < -0.3 is 5.32 Å². The van der Waals surface area contributed by atoms with Crippen molar-refractivity contribution in [2.75, 3.05) is 5.32 Å². The fraction of sp³-hybridized carbons (Fsp3) is 0.478. The average molecular weight is 579 g/mol. The van der Waals surface area contributed by atoms with E-state index in [-0.39, 0.29) is 0 Å². The van der Waals surface area contributed by atoms with E-state index in [1.54, 1.807) is 22.7 Å². The first-order valence-electron chi connectivity index (χ1n) is 11.1. The molecule has 1 N–H and O–H groups in total. The van der Waals surface area contributed by atoms with Crippen LogP contribution in [0.15, 0.2) is 30.2 Å². The molecule has 32 heavy (non-hydrogen) atoms. The minimum absolute atomic E-state index is 0.298. The Hall–Kier alpha value is -1.59. The molecule has 0 saturated heterocycles. The van der Waals surface area contributed by atoms with E-state index in [0.717, 1.165) is 37.0 Å². The van der Waals surface area contributed by atoms with Gasteiger partial charge in [-0.1, -0.05) is 34.7 Å². The van der Waals surface area contributed by atoms with Crippen molar-refractivity contribution >= 4 is 61.2 Å². The van der Waals surface area contributed by atoms with Crippen molar-refractivity contribution in [3.8, 4) is 21.0 Å². The minimum atomic E-state index is 0.298. The van der Waals surface area contributed by atoms with Crippen LogP contribution in [0.2, 0.25) is 0 Å². The van der Waals surface area contributed by atoms with Crippen LogP contribution in [0.3, 0.4) is 0 Å². The van der Waals surface area contributed by atoms with Crippen molar-refractivity contribution in [3.05, 3.63) is 30.2 Å². The Morgan fingerprint density at radius 1 is 1.12 bits per heavy atom. The van der Waals surface area contributed by atoms with E-state index in [1.807, 2.05) is 17.9 Å². The second kappa shape index (κ2) is 9.34. The number of aromatic nitrogens is 5. The van der Waals surface area contributed by atoms with Crippen LogP contribution in [0.25, 0.3) is 31.2 Å². The molecule has 0 spiro atoms. The summed E-state index contributed by atoms with van der Waals surface area (Å²) in [6.45, 7) is 6.65. The van der Waals surface area contributed by atoms with E-state index < -0.39 is 0 Å². The van der Waals surface area contributed by atoms with Gasteiger partial charge in [0.15, 0.2) is 0 Å². The molecule has 1 unspecified atom stereocenters. The number of nitrogens with zero attached hydrogens (tertiary/aromatic N) is 5. The van der Waals surface area contributed by atoms with Crippen LogP contribution >= 0.6 is 45.3 Å². The second-order valence-electron chi connectivity index (χ2n) is 8.87. The molecule has 9 heteroatoms. The second-order valence-corrected chi connectivity index (χ2v) is 12.8. The largest absolute Gasteiger partial charge is 0.382 e. The molecule has 168 valence electrons. The summed E-state index contributed by atoms with van der Waals surface area (Å²) in [5.41, 5.74) is 4.86. The normalized spacial score (nSPS) is 20.2. The molecule has 0 aliphatic heterocycles. The summed E-state index contributed by atoms with van der Waals surface area (Å²) in [5, 5.41) is 13.9. The Bertz CT molecular complexity index is 1190. The van der Waals surface area contributed by atoms with Crippen LogP contribution < -0.4 is 5.32 Å². The lowest BCUT2D eigenvalue weighted by atomic mass is 9.84. The predicted molar refractivity (Wildman–Crippen MR) is 143 cm³/mol. The third-order valence-corrected chi connectivity index (χ3v) is 9.25. The van der Waals surface area contributed by atoms with E-state index in [2.05, 4.69) is 80.9 Å². The van der Waals surface area contributed by atoms with Gasteiger partial charge in [0.2, 0.25) is 0 Å². The van der Waals surface area contributed by atoms with Crippen molar-refractivity contribution < 1.29 is 0 Å². The van der Waals surface area contributed by atoms with Gasteiger partial charge in [0.1, 0.15) is 10.5 Å². The van der Waals surface area contributed by atoms with Gasteiger partial charge in [0.25, 0.3) is 0 Å². The summed E-state index contributed by atoms with van der Waals surface area (Å²) in [7, 11) is 0. The van der Waals surface area contributed by atoms with Crippen LogP contribution in [0.4, 0.5) is 5.69 Å². The molecule has 6 nitrogen and oxygen atoms in total. The molecule has 4 heterocycles. The topological polar surface area (TPSA) is 68.5 Å². The SMILES string of the molecule is CC(C)Nc1c(-c2cn(C3CCC(C(C)I)CC3)nn2)cnc2sc(-c3cncs3)cc12. The summed E-state index contributed by atoms with van der Waals surface area (Å²) in [6.07, 6.45) is 10.9. The van der Waals surface area contributed by atoms with Crippen LogP contribution in [0, 0.1) is 5.92 Å². The Morgan fingerprint density at radius 2 is 1.94 bits per heavy atom. The molecule has 0 radical (unpaired) electrons. The van der Waals surface area contributed by atoms with Crippen LogP contribution in [0.5, 0.6) is 0 Å². The molecule has 0 amide bonds. The van der Waals surface area contributed by atoms with Gasteiger partial charge in [0, 0.05) is 38.2 Å². The zero-order valence-electron chi connectivity index (χ0n) is 18.5. The molecular weight excluding hydrogens is 551 g/mol. The lowest BCUT2D eigenvalue weighted by Gasteiger charge is -2.29. The highest BCUT2D eigenvalue weighted by molar-refractivity contribution is 14.1. The highest BCUT2D eigenvalue weighted by Gasteiger charge is 2.26. The number of pyridine rings is 1. The zero-order chi connectivity index (χ0) is 22.2. The lowest BCUT2D eigenvalue weighted by Crippen LogP contribution is -2.22. The van der Waals surface area contributed by atoms with Crippen LogP contribution in [0.1, 0.15) is 52.5 Å². The molecule has 0 aromatic carbocycles. The summed E-state index contributed by atoms with van der Waals surface area (Å²) in [6, 6.07) is 2.97. The van der Waals surface area contributed by atoms with Crippen LogP contribution in [-0.2, 0) is 0 Å². The molecule has 5 rings (SSSR count). The highest BCUT2D eigenvalue weighted by Crippen LogP contribution is 2.42. The third kappa shape index (κ3) is 4.43. The van der Waals surface area contributed by atoms with Gasteiger partial charge in [-0.2, -0.15) is 0 Å². The average Bonchev–Trinajstić information content (AvgIpc) is 3.53. The van der Waals surface area contributed by atoms with Gasteiger partial charge >= 0.3 is 0 Å². The highest BCUT2D eigenvalue weighted by atomic mass is 127. The number of alkyl halides is 1. The van der Waals surface area contributed by atoms with Crippen molar-refractivity contribution in [3.63, 3.8) is 0 Å². The monoisotopic (exact) mass is 578 g/mol. The van der Waals surface area contributed by atoms with Gasteiger partial charge in [-0.3, -0.25) is 4.98 Å². The molecule has 1 atom stereocenters. The molecular formula is C23H27IN6S2. The maximum Gasteiger partial charge on any atom is 0.125 e. The first-order chi connectivity index (χ1) is 15.5. The van der Waals surface area contributed by atoms with Gasteiger partial charge in [0.05, 0.1) is 28.3 Å². The zero-order valence-corrected chi connectivity index (χ0v) is 22.2. The van der Waals surface area contributed by atoms with E-state index in [1.165, 1.54) is 35.4 Å². The molecule has 4 aromatic rings. The van der Waals surface area contributed by atoms with Gasteiger partial charge in [-0.15, -0.1) is 27.8 Å². The van der Waals surface area contributed by atoms with E-state index >= 15 is 0 Å². The lowest BCUT2D eigenvalue weighted by molar-refractivity contribution is 0.260. The number of halogens is 1. The molecule has 1 aliphatic carbocycles. The summed E-state index contributed by atoms with van der Waals surface area (Å²) in [4.78, 5) is 12.4. The Morgan fingerprint density at radius 3 is 2.62 bits per heavy atom. The third-order valence-electron chi connectivity index (χ3n) is 6.22. The van der Waals surface area contributed by atoms with Crippen molar-refractivity contribution in [2.24, 2.45) is 5.92 Å². The van der Waals surface area contributed by atoms with Crippen molar-refractivity contribution in [1.29, 1.82) is 0 Å². The van der Waals surface area contributed by atoms with E-state index in [0.29, 0.717) is 12.1 Å². The standard InChI is InChI=1S/C23H27IN6S2/c1-13(2)27-22-17-8-20(21-10-25-12-31-21)32-23(17)26-9-18(22)19-11-30(29-28-19)16-6-4-15(5-7-16)14(3)24/h8-16H,4-7H2,1-3H3,(H,26,27). The number of hydrogen-bond acceptors (Lipinski definition) is 7. The summed E-state index contributed by atoms with van der Waals surface area (Å²) < 4.78 is 2.83. The first kappa shape index (κ1) is 22.2. The summed E-state index contributed by atoms with van der Waals surface area (Å²) in [5.74, 6) is 0.828. The van der Waals surface area contributed by atoms with Gasteiger partial charge in [-0.25, -0.2) is 9.67 Å². The number of thiophene rings is 1. The number of hydrogen-bond donors (Lipinski definition) is 1. The fourth-order valence-electron chi connectivity index (χ4n) is 4.49. The molecule has 1 saturated carbocycles. The number of thiazole rings is 1. The minimum Gasteiger partial charge on any atom is -0.382 e.